The van der Waals surface area contributed by atoms with Crippen molar-refractivity contribution >= 4 is 28.5 Å². The number of anilines is 1. The molecule has 1 aromatic heterocycles. The second-order valence-electron chi connectivity index (χ2n) is 4.85. The lowest BCUT2D eigenvalue weighted by Crippen LogP contribution is -2.54. The molecule has 1 fully saturated rings. The van der Waals surface area contributed by atoms with Crippen LogP contribution in [-0.2, 0) is 0 Å². The van der Waals surface area contributed by atoms with Gasteiger partial charge >= 0.3 is 0 Å². The topological polar surface area (TPSA) is 56.1 Å². The predicted octanol–water partition coefficient (Wildman–Crippen LogP) is 1.51. The highest BCUT2D eigenvalue weighted by Gasteiger charge is 2.30. The summed E-state index contributed by atoms with van der Waals surface area (Å²) in [6.45, 7) is 7.40. The first-order valence-electron chi connectivity index (χ1n) is 5.92. The highest BCUT2D eigenvalue weighted by atomic mass is 127. The van der Waals surface area contributed by atoms with Crippen LogP contribution in [0.2, 0.25) is 0 Å². The van der Waals surface area contributed by atoms with Gasteiger partial charge in [0.2, 0.25) is 5.95 Å². The van der Waals surface area contributed by atoms with Gasteiger partial charge in [0.15, 0.2) is 0 Å². The van der Waals surface area contributed by atoms with Crippen molar-refractivity contribution in [2.45, 2.75) is 19.4 Å². The number of aromatic nitrogens is 2. The Labute approximate surface area is 121 Å². The van der Waals surface area contributed by atoms with Crippen molar-refractivity contribution < 1.29 is 0 Å². The fraction of sp³-hybridized carbons (Fsp3) is 0.583. The van der Waals surface area contributed by atoms with Crippen LogP contribution < -0.4 is 4.90 Å². The Morgan fingerprint density at radius 2 is 1.78 bits per heavy atom. The molecule has 0 radical (unpaired) electrons. The summed E-state index contributed by atoms with van der Waals surface area (Å²) in [6, 6.07) is 2.35. The first-order valence-corrected chi connectivity index (χ1v) is 6.99. The van der Waals surface area contributed by atoms with E-state index in [1.54, 1.807) is 0 Å². The third-order valence-electron chi connectivity index (χ3n) is 3.23. The molecule has 1 saturated heterocycles. The van der Waals surface area contributed by atoms with Gasteiger partial charge in [0.05, 0.1) is 6.07 Å². The summed E-state index contributed by atoms with van der Waals surface area (Å²) >= 11 is 2.20. The zero-order valence-electron chi connectivity index (χ0n) is 10.6. The lowest BCUT2D eigenvalue weighted by atomic mass is 10.0. The number of nitrogens with zero attached hydrogens (tertiary/aromatic N) is 5. The van der Waals surface area contributed by atoms with Crippen molar-refractivity contribution in [3.63, 3.8) is 0 Å². The zero-order chi connectivity index (χ0) is 13.2. The average Bonchev–Trinajstić information content (AvgIpc) is 2.40. The van der Waals surface area contributed by atoms with E-state index >= 15 is 0 Å². The highest BCUT2D eigenvalue weighted by molar-refractivity contribution is 14.1. The molecule has 0 bridgehead atoms. The fourth-order valence-corrected chi connectivity index (χ4v) is 2.28. The van der Waals surface area contributed by atoms with Gasteiger partial charge in [-0.15, -0.1) is 0 Å². The summed E-state index contributed by atoms with van der Waals surface area (Å²) in [5.74, 6) is 0.782. The standard InChI is InChI=1S/C12H16IN5/c1-12(2,9-14)18-5-3-17(4-6-18)11-15-7-10(13)8-16-11/h7-8H,3-6H2,1-2H3. The summed E-state index contributed by atoms with van der Waals surface area (Å²) in [4.78, 5) is 13.0. The minimum absolute atomic E-state index is 0.390. The molecule has 2 heterocycles. The summed E-state index contributed by atoms with van der Waals surface area (Å²) in [5, 5.41) is 9.13. The van der Waals surface area contributed by atoms with Crippen LogP contribution in [0.15, 0.2) is 12.4 Å². The first-order chi connectivity index (χ1) is 8.53. The van der Waals surface area contributed by atoms with Crippen LogP contribution in [0.4, 0.5) is 5.95 Å². The zero-order valence-corrected chi connectivity index (χ0v) is 12.8. The molecule has 0 aromatic carbocycles. The molecule has 18 heavy (non-hydrogen) atoms. The summed E-state index contributed by atoms with van der Waals surface area (Å²) < 4.78 is 1.04. The van der Waals surface area contributed by atoms with Gasteiger partial charge in [0.1, 0.15) is 5.54 Å². The molecular weight excluding hydrogens is 341 g/mol. The number of hydrogen-bond donors (Lipinski definition) is 0. The first kappa shape index (κ1) is 13.5. The quantitative estimate of drug-likeness (QED) is 0.751. The van der Waals surface area contributed by atoms with Crippen molar-refractivity contribution in [3.05, 3.63) is 16.0 Å². The van der Waals surface area contributed by atoms with E-state index in [1.165, 1.54) is 0 Å². The molecule has 5 nitrogen and oxygen atoms in total. The van der Waals surface area contributed by atoms with E-state index in [0.717, 1.165) is 35.7 Å². The molecule has 96 valence electrons. The van der Waals surface area contributed by atoms with E-state index in [1.807, 2.05) is 26.2 Å². The number of hydrogen-bond acceptors (Lipinski definition) is 5. The molecule has 0 unspecified atom stereocenters. The summed E-state index contributed by atoms with van der Waals surface area (Å²) in [7, 11) is 0. The predicted molar refractivity (Wildman–Crippen MR) is 78.2 cm³/mol. The molecule has 0 aliphatic carbocycles. The highest BCUT2D eigenvalue weighted by Crippen LogP contribution is 2.18. The monoisotopic (exact) mass is 357 g/mol. The fourth-order valence-electron chi connectivity index (χ4n) is 2.00. The number of piperazine rings is 1. The molecule has 0 spiro atoms. The molecule has 1 aromatic rings. The maximum atomic E-state index is 9.13. The minimum Gasteiger partial charge on any atom is -0.338 e. The maximum Gasteiger partial charge on any atom is 0.225 e. The van der Waals surface area contributed by atoms with E-state index in [0.29, 0.717) is 0 Å². The van der Waals surface area contributed by atoms with Crippen molar-refractivity contribution in [3.8, 4) is 6.07 Å². The Morgan fingerprint density at radius 3 is 2.28 bits per heavy atom. The van der Waals surface area contributed by atoms with Gasteiger partial charge in [-0.05, 0) is 36.4 Å². The lowest BCUT2D eigenvalue weighted by molar-refractivity contribution is 0.157. The molecule has 0 N–H and O–H groups in total. The van der Waals surface area contributed by atoms with Crippen LogP contribution in [-0.4, -0.2) is 46.6 Å². The van der Waals surface area contributed by atoms with Gasteiger partial charge in [-0.3, -0.25) is 4.90 Å². The van der Waals surface area contributed by atoms with Gasteiger partial charge in [-0.25, -0.2) is 9.97 Å². The van der Waals surface area contributed by atoms with Gasteiger partial charge < -0.3 is 4.90 Å². The Kier molecular flexibility index (Phi) is 4.02. The largest absolute Gasteiger partial charge is 0.338 e. The number of rotatable bonds is 2. The molecular formula is C12H16IN5. The smallest absolute Gasteiger partial charge is 0.225 e. The van der Waals surface area contributed by atoms with Crippen LogP contribution in [0, 0.1) is 14.9 Å². The Hall–Kier alpha value is -0.940. The summed E-state index contributed by atoms with van der Waals surface area (Å²) in [6.07, 6.45) is 3.66. The average molecular weight is 357 g/mol. The number of nitriles is 1. The minimum atomic E-state index is -0.390. The van der Waals surface area contributed by atoms with E-state index < -0.39 is 0 Å². The van der Waals surface area contributed by atoms with Crippen molar-refractivity contribution in [2.75, 3.05) is 31.1 Å². The van der Waals surface area contributed by atoms with Crippen molar-refractivity contribution in [1.82, 2.24) is 14.9 Å². The molecule has 0 amide bonds. The van der Waals surface area contributed by atoms with E-state index in [2.05, 4.69) is 48.4 Å². The van der Waals surface area contributed by atoms with E-state index in [4.69, 9.17) is 5.26 Å². The van der Waals surface area contributed by atoms with Crippen LogP contribution in [0.1, 0.15) is 13.8 Å². The molecule has 0 saturated carbocycles. The SMILES string of the molecule is CC(C)(C#N)N1CCN(c2ncc(I)cn2)CC1. The maximum absolute atomic E-state index is 9.13. The summed E-state index contributed by atoms with van der Waals surface area (Å²) in [5.41, 5.74) is -0.390. The molecule has 0 atom stereocenters. The second kappa shape index (κ2) is 5.36. The van der Waals surface area contributed by atoms with Crippen LogP contribution in [0.25, 0.3) is 0 Å². The van der Waals surface area contributed by atoms with Crippen LogP contribution in [0.5, 0.6) is 0 Å². The Morgan fingerprint density at radius 1 is 1.22 bits per heavy atom. The molecule has 1 aliphatic rings. The second-order valence-corrected chi connectivity index (χ2v) is 6.09. The van der Waals surface area contributed by atoms with Crippen molar-refractivity contribution in [1.29, 1.82) is 5.26 Å². The molecule has 2 rings (SSSR count). The van der Waals surface area contributed by atoms with Crippen molar-refractivity contribution in [2.24, 2.45) is 0 Å². The van der Waals surface area contributed by atoms with Gasteiger partial charge in [-0.2, -0.15) is 5.26 Å². The molecule has 1 aliphatic heterocycles. The normalized spacial score (nSPS) is 17.6. The van der Waals surface area contributed by atoms with E-state index in [9.17, 15) is 0 Å². The van der Waals surface area contributed by atoms with Gasteiger partial charge in [0.25, 0.3) is 0 Å². The van der Waals surface area contributed by atoms with Gasteiger partial charge in [0, 0.05) is 42.1 Å². The Bertz CT molecular complexity index is 443. The van der Waals surface area contributed by atoms with E-state index in [-0.39, 0.29) is 5.54 Å². The third kappa shape index (κ3) is 2.90. The van der Waals surface area contributed by atoms with Gasteiger partial charge in [-0.1, -0.05) is 0 Å². The lowest BCUT2D eigenvalue weighted by Gasteiger charge is -2.40. The van der Waals surface area contributed by atoms with Crippen LogP contribution in [0.3, 0.4) is 0 Å². The van der Waals surface area contributed by atoms with Crippen LogP contribution >= 0.6 is 22.6 Å². The third-order valence-corrected chi connectivity index (χ3v) is 3.79. The number of halogens is 1. The Balaban J connectivity index is 1.99. The molecule has 6 heteroatoms.